The largest absolute Gasteiger partial charge is 0.481 e. The second kappa shape index (κ2) is 6.57. The summed E-state index contributed by atoms with van der Waals surface area (Å²) in [5.41, 5.74) is 5.06. The monoisotopic (exact) mass is 304 g/mol. The number of halogens is 3. The van der Waals surface area contributed by atoms with E-state index in [-0.39, 0.29) is 0 Å². The van der Waals surface area contributed by atoms with Crippen molar-refractivity contribution in [3.63, 3.8) is 0 Å². The van der Waals surface area contributed by atoms with Crippen molar-refractivity contribution in [3.8, 4) is 0 Å². The number of alkyl halides is 3. The first-order valence-corrected chi connectivity index (χ1v) is 6.06. The molecule has 0 saturated heterocycles. The van der Waals surface area contributed by atoms with Crippen LogP contribution in [0.4, 0.5) is 13.2 Å². The molecule has 0 heterocycles. The maximum Gasteiger partial charge on any atom is 0.416 e. The van der Waals surface area contributed by atoms with E-state index in [1.165, 1.54) is 12.1 Å². The average Bonchev–Trinajstić information content (AvgIpc) is 2.36. The SMILES string of the molecule is CC(NC(=O)C(N)CC(=O)O)c1ccc(C(F)(F)F)cc1. The van der Waals surface area contributed by atoms with Crippen molar-refractivity contribution < 1.29 is 27.9 Å². The lowest BCUT2D eigenvalue weighted by Crippen LogP contribution is -2.42. The molecule has 0 aliphatic carbocycles. The highest BCUT2D eigenvalue weighted by Crippen LogP contribution is 2.29. The fourth-order valence-corrected chi connectivity index (χ4v) is 1.65. The van der Waals surface area contributed by atoms with Crippen LogP contribution in [0.1, 0.15) is 30.5 Å². The number of nitrogens with one attached hydrogen (secondary N) is 1. The first-order valence-electron chi connectivity index (χ1n) is 6.06. The van der Waals surface area contributed by atoms with Crippen LogP contribution in [0.15, 0.2) is 24.3 Å². The van der Waals surface area contributed by atoms with Crippen LogP contribution in [0.3, 0.4) is 0 Å². The summed E-state index contributed by atoms with van der Waals surface area (Å²) in [7, 11) is 0. The molecule has 2 atom stereocenters. The number of carboxylic acids is 1. The normalized spacial score (nSPS) is 14.3. The van der Waals surface area contributed by atoms with Crippen LogP contribution in [0.25, 0.3) is 0 Å². The molecule has 1 aromatic rings. The van der Waals surface area contributed by atoms with Crippen LogP contribution in [0.5, 0.6) is 0 Å². The first-order chi connectivity index (χ1) is 9.61. The van der Waals surface area contributed by atoms with E-state index >= 15 is 0 Å². The number of nitrogens with two attached hydrogens (primary N) is 1. The zero-order valence-corrected chi connectivity index (χ0v) is 11.1. The molecule has 0 aliphatic heterocycles. The van der Waals surface area contributed by atoms with Gasteiger partial charge in [0.25, 0.3) is 0 Å². The molecule has 4 N–H and O–H groups in total. The third-order valence-electron chi connectivity index (χ3n) is 2.83. The molecular weight excluding hydrogens is 289 g/mol. The van der Waals surface area contributed by atoms with E-state index in [0.29, 0.717) is 5.56 Å². The summed E-state index contributed by atoms with van der Waals surface area (Å²) >= 11 is 0. The van der Waals surface area contributed by atoms with Gasteiger partial charge in [0.1, 0.15) is 0 Å². The van der Waals surface area contributed by atoms with Crippen molar-refractivity contribution in [3.05, 3.63) is 35.4 Å². The van der Waals surface area contributed by atoms with Gasteiger partial charge in [-0.3, -0.25) is 9.59 Å². The van der Waals surface area contributed by atoms with Gasteiger partial charge in [-0.2, -0.15) is 13.2 Å². The smallest absolute Gasteiger partial charge is 0.416 e. The highest BCUT2D eigenvalue weighted by molar-refractivity contribution is 5.86. The Balaban J connectivity index is 2.69. The van der Waals surface area contributed by atoms with Gasteiger partial charge in [-0.15, -0.1) is 0 Å². The second-order valence-corrected chi connectivity index (χ2v) is 4.55. The van der Waals surface area contributed by atoms with Crippen LogP contribution in [0.2, 0.25) is 0 Å². The maximum absolute atomic E-state index is 12.4. The van der Waals surface area contributed by atoms with Crippen molar-refractivity contribution in [2.24, 2.45) is 5.73 Å². The van der Waals surface area contributed by atoms with E-state index < -0.39 is 42.1 Å². The number of benzene rings is 1. The van der Waals surface area contributed by atoms with Gasteiger partial charge in [0.15, 0.2) is 0 Å². The number of amides is 1. The molecule has 8 heteroatoms. The molecule has 1 amide bonds. The fraction of sp³-hybridized carbons (Fsp3) is 0.385. The number of hydrogen-bond acceptors (Lipinski definition) is 3. The Morgan fingerprint density at radius 3 is 2.24 bits per heavy atom. The van der Waals surface area contributed by atoms with Crippen molar-refractivity contribution in [2.75, 3.05) is 0 Å². The minimum atomic E-state index is -4.42. The topological polar surface area (TPSA) is 92.4 Å². The van der Waals surface area contributed by atoms with Crippen LogP contribution >= 0.6 is 0 Å². The predicted octanol–water partition coefficient (Wildman–Crippen LogP) is 1.68. The second-order valence-electron chi connectivity index (χ2n) is 4.55. The Morgan fingerprint density at radius 1 is 1.29 bits per heavy atom. The highest BCUT2D eigenvalue weighted by atomic mass is 19.4. The van der Waals surface area contributed by atoms with E-state index in [1.807, 2.05) is 0 Å². The fourth-order valence-electron chi connectivity index (χ4n) is 1.65. The molecule has 0 radical (unpaired) electrons. The Labute approximate surface area is 118 Å². The average molecular weight is 304 g/mol. The molecule has 0 bridgehead atoms. The lowest BCUT2D eigenvalue weighted by Gasteiger charge is -2.17. The van der Waals surface area contributed by atoms with E-state index in [1.54, 1.807) is 6.92 Å². The number of carbonyl (C=O) groups is 2. The minimum absolute atomic E-state index is 0.457. The molecule has 5 nitrogen and oxygen atoms in total. The molecule has 0 aromatic heterocycles. The van der Waals surface area contributed by atoms with Gasteiger partial charge in [0.2, 0.25) is 5.91 Å². The highest BCUT2D eigenvalue weighted by Gasteiger charge is 2.30. The maximum atomic E-state index is 12.4. The Bertz CT molecular complexity index is 514. The molecule has 0 saturated carbocycles. The van der Waals surface area contributed by atoms with Gasteiger partial charge in [-0.1, -0.05) is 12.1 Å². The summed E-state index contributed by atoms with van der Waals surface area (Å²) in [6.45, 7) is 1.56. The third-order valence-corrected chi connectivity index (χ3v) is 2.83. The van der Waals surface area contributed by atoms with Gasteiger partial charge in [0.05, 0.1) is 24.1 Å². The zero-order valence-electron chi connectivity index (χ0n) is 11.1. The third kappa shape index (κ3) is 5.07. The summed E-state index contributed by atoms with van der Waals surface area (Å²) in [6.07, 6.45) is -4.94. The van der Waals surface area contributed by atoms with Crippen molar-refractivity contribution in [1.82, 2.24) is 5.32 Å². The Hall–Kier alpha value is -2.09. The van der Waals surface area contributed by atoms with E-state index in [9.17, 15) is 22.8 Å². The molecule has 0 fully saturated rings. The van der Waals surface area contributed by atoms with Gasteiger partial charge < -0.3 is 16.2 Å². The lowest BCUT2D eigenvalue weighted by molar-refractivity contribution is -0.139. The number of carbonyl (C=O) groups excluding carboxylic acids is 1. The molecule has 21 heavy (non-hydrogen) atoms. The standard InChI is InChI=1S/C13H15F3N2O3/c1-7(18-12(21)10(17)6-11(19)20)8-2-4-9(5-3-8)13(14,15)16/h2-5,7,10H,6,17H2,1H3,(H,18,21)(H,19,20). The van der Waals surface area contributed by atoms with E-state index in [4.69, 9.17) is 10.8 Å². The molecule has 1 rings (SSSR count). The number of aliphatic carboxylic acids is 1. The van der Waals surface area contributed by atoms with E-state index in [0.717, 1.165) is 12.1 Å². The summed E-state index contributed by atoms with van der Waals surface area (Å²) in [6, 6.07) is 2.52. The number of hydrogen-bond donors (Lipinski definition) is 3. The Morgan fingerprint density at radius 2 is 1.81 bits per heavy atom. The zero-order chi connectivity index (χ0) is 16.2. The van der Waals surface area contributed by atoms with Gasteiger partial charge >= 0.3 is 12.1 Å². The summed E-state index contributed by atoms with van der Waals surface area (Å²) in [4.78, 5) is 22.0. The van der Waals surface area contributed by atoms with Gasteiger partial charge in [0, 0.05) is 0 Å². The van der Waals surface area contributed by atoms with Crippen LogP contribution in [-0.4, -0.2) is 23.0 Å². The molecule has 0 aliphatic rings. The lowest BCUT2D eigenvalue weighted by atomic mass is 10.1. The van der Waals surface area contributed by atoms with Crippen LogP contribution < -0.4 is 11.1 Å². The number of rotatable bonds is 5. The van der Waals surface area contributed by atoms with Crippen molar-refractivity contribution in [2.45, 2.75) is 31.6 Å². The first kappa shape index (κ1) is 17.0. The summed E-state index contributed by atoms with van der Waals surface area (Å²) in [5, 5.41) is 11.0. The molecule has 0 spiro atoms. The predicted molar refractivity (Wildman–Crippen MR) is 68.2 cm³/mol. The van der Waals surface area contributed by atoms with Crippen LogP contribution in [0, 0.1) is 0 Å². The molecule has 2 unspecified atom stereocenters. The summed E-state index contributed by atoms with van der Waals surface area (Å²) < 4.78 is 37.2. The van der Waals surface area contributed by atoms with E-state index in [2.05, 4.69) is 5.32 Å². The minimum Gasteiger partial charge on any atom is -0.481 e. The quantitative estimate of drug-likeness (QED) is 0.771. The molecule has 1 aromatic carbocycles. The van der Waals surface area contributed by atoms with Crippen molar-refractivity contribution >= 4 is 11.9 Å². The summed E-state index contributed by atoms with van der Waals surface area (Å²) in [5.74, 6) is -1.88. The molecular formula is C13H15F3N2O3. The van der Waals surface area contributed by atoms with Crippen LogP contribution in [-0.2, 0) is 15.8 Å². The Kier molecular flexibility index (Phi) is 5.31. The van der Waals surface area contributed by atoms with Gasteiger partial charge in [-0.25, -0.2) is 0 Å². The molecule has 116 valence electrons. The van der Waals surface area contributed by atoms with Crippen molar-refractivity contribution in [1.29, 1.82) is 0 Å². The van der Waals surface area contributed by atoms with Gasteiger partial charge in [-0.05, 0) is 24.6 Å². The number of carboxylic acid groups (broad SMARTS) is 1.